The monoisotopic (exact) mass is 285 g/mol. The lowest BCUT2D eigenvalue weighted by molar-refractivity contribution is -0.146. The molecule has 0 saturated carbocycles. The third-order valence-electron chi connectivity index (χ3n) is 3.44. The Morgan fingerprint density at radius 2 is 2.05 bits per heavy atom. The van der Waals surface area contributed by atoms with Crippen molar-refractivity contribution in [2.24, 2.45) is 5.92 Å². The van der Waals surface area contributed by atoms with Crippen LogP contribution in [0.15, 0.2) is 0 Å². The van der Waals surface area contributed by atoms with Crippen LogP contribution in [0.3, 0.4) is 0 Å². The molecule has 1 aliphatic rings. The van der Waals surface area contributed by atoms with E-state index in [1.807, 2.05) is 20.8 Å². The number of nitrogens with zero attached hydrogens (tertiary/aromatic N) is 1. The topological polar surface area (TPSA) is 70.7 Å². The van der Waals surface area contributed by atoms with Gasteiger partial charge in [0, 0.05) is 26.2 Å². The predicted octanol–water partition coefficient (Wildman–Crippen LogP) is -0.0144. The minimum atomic E-state index is -0.523. The van der Waals surface area contributed by atoms with Gasteiger partial charge in [-0.05, 0) is 25.8 Å². The van der Waals surface area contributed by atoms with Gasteiger partial charge in [-0.3, -0.25) is 9.59 Å². The zero-order valence-electron chi connectivity index (χ0n) is 12.8. The predicted molar refractivity (Wildman–Crippen MR) is 77.3 cm³/mol. The Kier molecular flexibility index (Phi) is 7.54. The van der Waals surface area contributed by atoms with Crippen LogP contribution >= 0.6 is 0 Å². The lowest BCUT2D eigenvalue weighted by Gasteiger charge is -2.24. The van der Waals surface area contributed by atoms with Crippen molar-refractivity contribution in [2.45, 2.75) is 33.2 Å². The van der Waals surface area contributed by atoms with Crippen molar-refractivity contribution in [3.8, 4) is 0 Å². The van der Waals surface area contributed by atoms with E-state index in [9.17, 15) is 9.59 Å². The second-order valence-electron chi connectivity index (χ2n) is 5.38. The van der Waals surface area contributed by atoms with Crippen molar-refractivity contribution >= 4 is 11.8 Å². The SMILES string of the molecule is CCOCC(NC(=O)C(=O)N1CCCNCC1)C(C)C. The molecule has 0 aromatic heterocycles. The summed E-state index contributed by atoms with van der Waals surface area (Å²) in [5, 5.41) is 6.01. The van der Waals surface area contributed by atoms with E-state index < -0.39 is 11.8 Å². The van der Waals surface area contributed by atoms with Crippen LogP contribution in [0.4, 0.5) is 0 Å². The Balaban J connectivity index is 2.51. The standard InChI is InChI=1S/C14H27N3O3/c1-4-20-10-12(11(2)3)16-13(18)14(19)17-8-5-6-15-7-9-17/h11-12,15H,4-10H2,1-3H3,(H,16,18). The molecule has 1 fully saturated rings. The van der Waals surface area contributed by atoms with Crippen LogP contribution in [0.1, 0.15) is 27.2 Å². The van der Waals surface area contributed by atoms with E-state index >= 15 is 0 Å². The van der Waals surface area contributed by atoms with Gasteiger partial charge in [0.25, 0.3) is 0 Å². The van der Waals surface area contributed by atoms with E-state index in [1.54, 1.807) is 4.90 Å². The summed E-state index contributed by atoms with van der Waals surface area (Å²) >= 11 is 0. The van der Waals surface area contributed by atoms with E-state index in [-0.39, 0.29) is 12.0 Å². The van der Waals surface area contributed by atoms with Gasteiger partial charge in [0.2, 0.25) is 0 Å². The average molecular weight is 285 g/mol. The summed E-state index contributed by atoms with van der Waals surface area (Å²) in [5.41, 5.74) is 0. The maximum atomic E-state index is 12.1. The molecule has 0 aromatic carbocycles. The number of carbonyl (C=O) groups excluding carboxylic acids is 2. The first-order valence-corrected chi connectivity index (χ1v) is 7.44. The second kappa shape index (κ2) is 8.92. The lowest BCUT2D eigenvalue weighted by Crippen LogP contribution is -2.50. The van der Waals surface area contributed by atoms with E-state index in [0.717, 1.165) is 19.5 Å². The highest BCUT2D eigenvalue weighted by molar-refractivity contribution is 6.35. The third-order valence-corrected chi connectivity index (χ3v) is 3.44. The summed E-state index contributed by atoms with van der Waals surface area (Å²) in [5.74, 6) is -0.731. The molecule has 1 unspecified atom stereocenters. The Labute approximate surface area is 121 Å². The Morgan fingerprint density at radius 1 is 1.30 bits per heavy atom. The molecule has 6 heteroatoms. The molecule has 0 spiro atoms. The smallest absolute Gasteiger partial charge is 0.311 e. The molecular formula is C14H27N3O3. The van der Waals surface area contributed by atoms with Crippen LogP contribution in [0.2, 0.25) is 0 Å². The van der Waals surface area contributed by atoms with Gasteiger partial charge in [-0.25, -0.2) is 0 Å². The molecule has 20 heavy (non-hydrogen) atoms. The molecule has 1 aliphatic heterocycles. The molecule has 0 aliphatic carbocycles. The summed E-state index contributed by atoms with van der Waals surface area (Å²) in [4.78, 5) is 25.8. The Bertz CT molecular complexity index is 313. The van der Waals surface area contributed by atoms with Gasteiger partial charge in [0.15, 0.2) is 0 Å². The summed E-state index contributed by atoms with van der Waals surface area (Å²) in [7, 11) is 0. The molecular weight excluding hydrogens is 258 g/mol. The summed E-state index contributed by atoms with van der Waals surface area (Å²) < 4.78 is 5.35. The van der Waals surface area contributed by atoms with Crippen molar-refractivity contribution in [1.29, 1.82) is 0 Å². The number of hydrogen-bond acceptors (Lipinski definition) is 4. The molecule has 1 rings (SSSR count). The van der Waals surface area contributed by atoms with Crippen molar-refractivity contribution in [2.75, 3.05) is 39.4 Å². The van der Waals surface area contributed by atoms with Crippen LogP contribution in [0.5, 0.6) is 0 Å². The number of rotatable bonds is 5. The van der Waals surface area contributed by atoms with Gasteiger partial charge in [0.05, 0.1) is 12.6 Å². The molecule has 0 radical (unpaired) electrons. The fourth-order valence-corrected chi connectivity index (χ4v) is 2.07. The van der Waals surface area contributed by atoms with Crippen molar-refractivity contribution in [3.05, 3.63) is 0 Å². The van der Waals surface area contributed by atoms with Crippen LogP contribution in [0, 0.1) is 5.92 Å². The van der Waals surface area contributed by atoms with Crippen LogP contribution in [-0.4, -0.2) is 62.1 Å². The molecule has 0 bridgehead atoms. The molecule has 0 aromatic rings. The zero-order valence-corrected chi connectivity index (χ0v) is 12.8. The van der Waals surface area contributed by atoms with E-state index in [0.29, 0.717) is 26.3 Å². The number of amides is 2. The number of ether oxygens (including phenoxy) is 1. The highest BCUT2D eigenvalue weighted by Crippen LogP contribution is 2.03. The number of carbonyl (C=O) groups is 2. The fraction of sp³-hybridized carbons (Fsp3) is 0.857. The normalized spacial score (nSPS) is 17.7. The highest BCUT2D eigenvalue weighted by Gasteiger charge is 2.25. The molecule has 6 nitrogen and oxygen atoms in total. The second-order valence-corrected chi connectivity index (χ2v) is 5.38. The molecule has 2 N–H and O–H groups in total. The van der Waals surface area contributed by atoms with Crippen LogP contribution < -0.4 is 10.6 Å². The van der Waals surface area contributed by atoms with Crippen LogP contribution in [-0.2, 0) is 14.3 Å². The molecule has 116 valence electrons. The average Bonchev–Trinajstić information content (AvgIpc) is 2.70. The minimum Gasteiger partial charge on any atom is -0.380 e. The largest absolute Gasteiger partial charge is 0.380 e. The molecule has 1 heterocycles. The quantitative estimate of drug-likeness (QED) is 0.697. The van der Waals surface area contributed by atoms with Gasteiger partial charge in [-0.15, -0.1) is 0 Å². The first-order valence-electron chi connectivity index (χ1n) is 7.44. The third kappa shape index (κ3) is 5.46. The van der Waals surface area contributed by atoms with Gasteiger partial charge < -0.3 is 20.3 Å². The minimum absolute atomic E-state index is 0.128. The van der Waals surface area contributed by atoms with Crippen molar-refractivity contribution in [3.63, 3.8) is 0 Å². The first-order chi connectivity index (χ1) is 9.56. The summed E-state index contributed by atoms with van der Waals surface area (Å²) in [6.07, 6.45) is 0.881. The van der Waals surface area contributed by atoms with E-state index in [4.69, 9.17) is 4.74 Å². The molecule has 1 saturated heterocycles. The van der Waals surface area contributed by atoms with Gasteiger partial charge in [-0.1, -0.05) is 13.8 Å². The lowest BCUT2D eigenvalue weighted by atomic mass is 10.1. The number of hydrogen-bond donors (Lipinski definition) is 2. The van der Waals surface area contributed by atoms with Gasteiger partial charge in [0.1, 0.15) is 0 Å². The molecule has 2 amide bonds. The first kappa shape index (κ1) is 16.9. The maximum absolute atomic E-state index is 12.1. The Morgan fingerprint density at radius 3 is 2.70 bits per heavy atom. The number of nitrogens with one attached hydrogen (secondary N) is 2. The summed E-state index contributed by atoms with van der Waals surface area (Å²) in [6, 6.07) is -0.128. The molecule has 1 atom stereocenters. The van der Waals surface area contributed by atoms with Crippen molar-refractivity contribution in [1.82, 2.24) is 15.5 Å². The fourth-order valence-electron chi connectivity index (χ4n) is 2.07. The van der Waals surface area contributed by atoms with E-state index in [1.165, 1.54) is 0 Å². The van der Waals surface area contributed by atoms with Crippen molar-refractivity contribution < 1.29 is 14.3 Å². The zero-order chi connectivity index (χ0) is 15.0. The Hall–Kier alpha value is -1.14. The van der Waals surface area contributed by atoms with Crippen LogP contribution in [0.25, 0.3) is 0 Å². The van der Waals surface area contributed by atoms with Gasteiger partial charge >= 0.3 is 11.8 Å². The van der Waals surface area contributed by atoms with E-state index in [2.05, 4.69) is 10.6 Å². The highest BCUT2D eigenvalue weighted by atomic mass is 16.5. The van der Waals surface area contributed by atoms with Gasteiger partial charge in [-0.2, -0.15) is 0 Å². The maximum Gasteiger partial charge on any atom is 0.311 e. The summed E-state index contributed by atoms with van der Waals surface area (Å²) in [6.45, 7) is 9.82.